The van der Waals surface area contributed by atoms with E-state index in [0.29, 0.717) is 0 Å². The van der Waals surface area contributed by atoms with Crippen LogP contribution in [-0.2, 0) is 15.7 Å². The van der Waals surface area contributed by atoms with Gasteiger partial charge in [-0.3, -0.25) is 0 Å². The number of benzene rings is 1. The normalized spacial score (nSPS) is 21.2. The van der Waals surface area contributed by atoms with E-state index >= 15 is 0 Å². The average Bonchev–Trinajstić information content (AvgIpc) is 2.47. The molecule has 1 aliphatic heterocycles. The van der Waals surface area contributed by atoms with E-state index in [9.17, 15) is 13.2 Å². The number of rotatable bonds is 2. The van der Waals surface area contributed by atoms with Crippen LogP contribution in [0.1, 0.15) is 33.3 Å². The summed E-state index contributed by atoms with van der Waals surface area (Å²) in [6.45, 7) is 7.74. The first-order valence-corrected chi connectivity index (χ1v) is 6.51. The Morgan fingerprint density at radius 3 is 1.80 bits per heavy atom. The second-order valence-electron chi connectivity index (χ2n) is 6.12. The Balaban J connectivity index is 2.12. The highest BCUT2D eigenvalue weighted by Gasteiger charge is 2.51. The van der Waals surface area contributed by atoms with E-state index < -0.39 is 30.9 Å². The second-order valence-corrected chi connectivity index (χ2v) is 6.12. The molecule has 2 rings (SSSR count). The van der Waals surface area contributed by atoms with E-state index in [1.54, 1.807) is 12.1 Å². The molecule has 110 valence electrons. The van der Waals surface area contributed by atoms with Crippen LogP contribution in [-0.4, -0.2) is 24.5 Å². The molecule has 0 atom stereocenters. The standard InChI is InChI=1S/C14H18BF3O2/c1-12(2)13(3,4)20-15(19-12)11-7-5-10(6-8-11)9-14(16,17)18/h5-8H,9H2,1-4H3. The maximum atomic E-state index is 12.3. The van der Waals surface area contributed by atoms with Crippen molar-refractivity contribution in [3.63, 3.8) is 0 Å². The summed E-state index contributed by atoms with van der Waals surface area (Å²) in [5, 5.41) is 0. The van der Waals surface area contributed by atoms with Gasteiger partial charge in [0.1, 0.15) is 0 Å². The predicted octanol–water partition coefficient (Wildman–Crippen LogP) is 3.09. The van der Waals surface area contributed by atoms with Crippen LogP contribution in [0.2, 0.25) is 0 Å². The first kappa shape index (κ1) is 15.4. The van der Waals surface area contributed by atoms with Crippen molar-refractivity contribution in [3.8, 4) is 0 Å². The quantitative estimate of drug-likeness (QED) is 0.778. The Hall–Kier alpha value is -1.01. The molecule has 20 heavy (non-hydrogen) atoms. The van der Waals surface area contributed by atoms with Crippen molar-refractivity contribution in [1.29, 1.82) is 0 Å². The molecule has 1 saturated heterocycles. The van der Waals surface area contributed by atoms with Crippen molar-refractivity contribution in [2.24, 2.45) is 0 Å². The molecule has 1 aromatic carbocycles. The van der Waals surface area contributed by atoms with Gasteiger partial charge in [0.05, 0.1) is 17.6 Å². The van der Waals surface area contributed by atoms with Crippen LogP contribution >= 0.6 is 0 Å². The van der Waals surface area contributed by atoms with Crippen LogP contribution in [0.4, 0.5) is 13.2 Å². The maximum absolute atomic E-state index is 12.3. The lowest BCUT2D eigenvalue weighted by atomic mass is 9.79. The molecule has 0 N–H and O–H groups in total. The molecule has 1 aliphatic rings. The van der Waals surface area contributed by atoms with Gasteiger partial charge in [0.25, 0.3) is 0 Å². The Kier molecular flexibility index (Phi) is 3.67. The molecule has 1 heterocycles. The van der Waals surface area contributed by atoms with Crippen molar-refractivity contribution < 1.29 is 22.5 Å². The Bertz CT molecular complexity index is 464. The molecular formula is C14H18BF3O2. The highest BCUT2D eigenvalue weighted by molar-refractivity contribution is 6.62. The van der Waals surface area contributed by atoms with Crippen LogP contribution in [0.15, 0.2) is 24.3 Å². The average molecular weight is 286 g/mol. The molecule has 6 heteroatoms. The smallest absolute Gasteiger partial charge is 0.399 e. The third-order valence-corrected chi connectivity index (χ3v) is 3.91. The lowest BCUT2D eigenvalue weighted by Gasteiger charge is -2.32. The number of hydrogen-bond donors (Lipinski definition) is 0. The number of halogens is 3. The van der Waals surface area contributed by atoms with Gasteiger partial charge in [0.2, 0.25) is 0 Å². The molecule has 1 fully saturated rings. The van der Waals surface area contributed by atoms with E-state index in [1.807, 2.05) is 27.7 Å². The molecule has 0 saturated carbocycles. The van der Waals surface area contributed by atoms with Crippen LogP contribution < -0.4 is 5.46 Å². The van der Waals surface area contributed by atoms with E-state index in [2.05, 4.69) is 0 Å². The minimum absolute atomic E-state index is 0.234. The highest BCUT2D eigenvalue weighted by atomic mass is 19.4. The van der Waals surface area contributed by atoms with Gasteiger partial charge in [0, 0.05) is 0 Å². The summed E-state index contributed by atoms with van der Waals surface area (Å²) < 4.78 is 48.6. The van der Waals surface area contributed by atoms with Gasteiger partial charge in [-0.25, -0.2) is 0 Å². The lowest BCUT2D eigenvalue weighted by molar-refractivity contribution is -0.127. The summed E-state index contributed by atoms with van der Waals surface area (Å²) in [4.78, 5) is 0. The maximum Gasteiger partial charge on any atom is 0.494 e. The Morgan fingerprint density at radius 1 is 0.950 bits per heavy atom. The summed E-state index contributed by atoms with van der Waals surface area (Å²) in [5.41, 5.74) is 0.0530. The third-order valence-electron chi connectivity index (χ3n) is 3.91. The van der Waals surface area contributed by atoms with E-state index in [4.69, 9.17) is 9.31 Å². The Morgan fingerprint density at radius 2 is 1.40 bits per heavy atom. The molecular weight excluding hydrogens is 268 g/mol. The van der Waals surface area contributed by atoms with E-state index in [-0.39, 0.29) is 5.56 Å². The topological polar surface area (TPSA) is 18.5 Å². The minimum atomic E-state index is -4.19. The van der Waals surface area contributed by atoms with Crippen LogP contribution in [0.25, 0.3) is 0 Å². The summed E-state index contributed by atoms with van der Waals surface area (Å²) in [7, 11) is -0.542. The zero-order valence-electron chi connectivity index (χ0n) is 12.0. The van der Waals surface area contributed by atoms with Crippen LogP contribution in [0, 0.1) is 0 Å². The largest absolute Gasteiger partial charge is 0.494 e. The summed E-state index contributed by atoms with van der Waals surface area (Å²) >= 11 is 0. The number of hydrogen-bond acceptors (Lipinski definition) is 2. The van der Waals surface area contributed by atoms with Gasteiger partial charge < -0.3 is 9.31 Å². The SMILES string of the molecule is CC1(C)OB(c2ccc(CC(F)(F)F)cc2)OC1(C)C. The minimum Gasteiger partial charge on any atom is -0.399 e. The zero-order chi connectivity index (χ0) is 15.2. The fourth-order valence-electron chi connectivity index (χ4n) is 2.00. The summed E-state index contributed by atoms with van der Waals surface area (Å²) in [6, 6.07) is 6.19. The van der Waals surface area contributed by atoms with E-state index in [1.165, 1.54) is 12.1 Å². The fraction of sp³-hybridized carbons (Fsp3) is 0.571. The molecule has 2 nitrogen and oxygen atoms in total. The summed E-state index contributed by atoms with van der Waals surface area (Å²) in [5.74, 6) is 0. The third kappa shape index (κ3) is 3.18. The molecule has 1 aromatic rings. The van der Waals surface area contributed by atoms with Gasteiger partial charge in [-0.1, -0.05) is 24.3 Å². The zero-order valence-corrected chi connectivity index (χ0v) is 12.0. The van der Waals surface area contributed by atoms with Crippen molar-refractivity contribution >= 4 is 12.6 Å². The second kappa shape index (κ2) is 4.77. The Labute approximate surface area is 117 Å². The van der Waals surface area contributed by atoms with Crippen LogP contribution in [0.5, 0.6) is 0 Å². The van der Waals surface area contributed by atoms with Crippen molar-refractivity contribution in [2.45, 2.75) is 51.5 Å². The van der Waals surface area contributed by atoms with Gasteiger partial charge in [-0.05, 0) is 38.7 Å². The van der Waals surface area contributed by atoms with Gasteiger partial charge in [0.15, 0.2) is 0 Å². The lowest BCUT2D eigenvalue weighted by Crippen LogP contribution is -2.41. The van der Waals surface area contributed by atoms with Crippen LogP contribution in [0.3, 0.4) is 0 Å². The molecule has 0 bridgehead atoms. The molecule has 0 aliphatic carbocycles. The first-order valence-electron chi connectivity index (χ1n) is 6.51. The van der Waals surface area contributed by atoms with E-state index in [0.717, 1.165) is 5.46 Å². The van der Waals surface area contributed by atoms with Crippen molar-refractivity contribution in [1.82, 2.24) is 0 Å². The fourth-order valence-corrected chi connectivity index (χ4v) is 2.00. The summed E-state index contributed by atoms with van der Waals surface area (Å²) in [6.07, 6.45) is -5.11. The highest BCUT2D eigenvalue weighted by Crippen LogP contribution is 2.36. The molecule has 0 unspecified atom stereocenters. The number of alkyl halides is 3. The van der Waals surface area contributed by atoms with Gasteiger partial charge in [-0.2, -0.15) is 13.2 Å². The van der Waals surface area contributed by atoms with Gasteiger partial charge >= 0.3 is 13.3 Å². The predicted molar refractivity (Wildman–Crippen MR) is 71.9 cm³/mol. The molecule has 0 aromatic heterocycles. The van der Waals surface area contributed by atoms with Crippen molar-refractivity contribution in [2.75, 3.05) is 0 Å². The monoisotopic (exact) mass is 286 g/mol. The molecule has 0 amide bonds. The van der Waals surface area contributed by atoms with Gasteiger partial charge in [-0.15, -0.1) is 0 Å². The molecule has 0 spiro atoms. The molecule has 0 radical (unpaired) electrons. The van der Waals surface area contributed by atoms with Crippen molar-refractivity contribution in [3.05, 3.63) is 29.8 Å². The first-order chi connectivity index (χ1) is 9.00.